The molecule has 0 spiro atoms. The van der Waals surface area contributed by atoms with Gasteiger partial charge in [0.05, 0.1) is 5.39 Å². The molecule has 5 rings (SSSR count). The maximum absolute atomic E-state index is 12.1. The Hall–Kier alpha value is -2.80. The second-order valence-corrected chi connectivity index (χ2v) is 8.98. The molecule has 1 saturated heterocycles. The average Bonchev–Trinajstić information content (AvgIpc) is 3.32. The number of likely N-dealkylation sites (tertiary alicyclic amines) is 1. The number of anilines is 1. The number of amides is 2. The second kappa shape index (κ2) is 7.80. The standard InChI is InChI=1S/C23H24N4O2S/c1-14-24-22(21-18(13-30-23(21)25-14)15-5-3-2-4-6-15)26-16-7-9-17(10-8-16)27-19(28)11-12-20(27)29/h2-6,13,16-17H,7-12H2,1H3,(H,24,25,26). The first-order valence-corrected chi connectivity index (χ1v) is 11.4. The third kappa shape index (κ3) is 3.47. The molecule has 0 unspecified atom stereocenters. The Labute approximate surface area is 179 Å². The molecule has 2 fully saturated rings. The highest BCUT2D eigenvalue weighted by Crippen LogP contribution is 2.38. The number of nitrogens with zero attached hydrogens (tertiary/aromatic N) is 3. The molecule has 30 heavy (non-hydrogen) atoms. The lowest BCUT2D eigenvalue weighted by atomic mass is 9.90. The molecule has 1 N–H and O–H groups in total. The Morgan fingerprint density at radius 2 is 1.70 bits per heavy atom. The molecular formula is C23H24N4O2S. The normalized spacial score (nSPS) is 22.1. The summed E-state index contributed by atoms with van der Waals surface area (Å²) >= 11 is 1.64. The first-order valence-electron chi connectivity index (χ1n) is 10.5. The van der Waals surface area contributed by atoms with Crippen LogP contribution in [0.4, 0.5) is 5.82 Å². The van der Waals surface area contributed by atoms with Gasteiger partial charge in [-0.05, 0) is 38.2 Å². The van der Waals surface area contributed by atoms with Gasteiger partial charge in [-0.3, -0.25) is 14.5 Å². The second-order valence-electron chi connectivity index (χ2n) is 8.12. The number of rotatable bonds is 4. The van der Waals surface area contributed by atoms with Gasteiger partial charge in [0.2, 0.25) is 11.8 Å². The zero-order chi connectivity index (χ0) is 20.7. The summed E-state index contributed by atoms with van der Waals surface area (Å²) in [5.74, 6) is 1.63. The van der Waals surface area contributed by atoms with Gasteiger partial charge < -0.3 is 5.32 Å². The van der Waals surface area contributed by atoms with Crippen LogP contribution in [0.2, 0.25) is 0 Å². The fourth-order valence-electron chi connectivity index (χ4n) is 4.66. The number of aryl methyl sites for hydroxylation is 1. The summed E-state index contributed by atoms with van der Waals surface area (Å²) in [4.78, 5) is 36.0. The number of carbonyl (C=O) groups is 2. The fraction of sp³-hybridized carbons (Fsp3) is 0.391. The zero-order valence-corrected chi connectivity index (χ0v) is 17.7. The number of aromatic nitrogens is 2. The summed E-state index contributed by atoms with van der Waals surface area (Å²) in [6, 6.07) is 10.7. The van der Waals surface area contributed by atoms with E-state index in [0.29, 0.717) is 12.8 Å². The van der Waals surface area contributed by atoms with Gasteiger partial charge in [0.1, 0.15) is 16.5 Å². The van der Waals surface area contributed by atoms with Gasteiger partial charge in [-0.1, -0.05) is 30.3 Å². The van der Waals surface area contributed by atoms with Crippen molar-refractivity contribution in [2.45, 2.75) is 57.5 Å². The smallest absolute Gasteiger partial charge is 0.229 e. The molecule has 154 valence electrons. The van der Waals surface area contributed by atoms with Crippen LogP contribution in [-0.2, 0) is 9.59 Å². The molecule has 2 amide bonds. The van der Waals surface area contributed by atoms with Crippen LogP contribution in [0.5, 0.6) is 0 Å². The first kappa shape index (κ1) is 19.2. The Bertz CT molecular complexity index is 1090. The highest BCUT2D eigenvalue weighted by atomic mass is 32.1. The fourth-order valence-corrected chi connectivity index (χ4v) is 5.65. The maximum Gasteiger partial charge on any atom is 0.229 e. The lowest BCUT2D eigenvalue weighted by Crippen LogP contribution is -2.43. The van der Waals surface area contributed by atoms with Gasteiger partial charge in [0.15, 0.2) is 0 Å². The van der Waals surface area contributed by atoms with Crippen molar-refractivity contribution >= 4 is 39.2 Å². The van der Waals surface area contributed by atoms with E-state index in [1.54, 1.807) is 11.3 Å². The van der Waals surface area contributed by atoms with E-state index in [0.717, 1.165) is 58.7 Å². The summed E-state index contributed by atoms with van der Waals surface area (Å²) in [6.45, 7) is 1.92. The van der Waals surface area contributed by atoms with E-state index in [1.165, 1.54) is 4.90 Å². The molecule has 2 aromatic heterocycles. The van der Waals surface area contributed by atoms with Crippen molar-refractivity contribution in [3.05, 3.63) is 41.5 Å². The number of hydrogen-bond donors (Lipinski definition) is 1. The van der Waals surface area contributed by atoms with Crippen LogP contribution in [0.25, 0.3) is 21.3 Å². The zero-order valence-electron chi connectivity index (χ0n) is 16.9. The molecular weight excluding hydrogens is 396 g/mol. The number of nitrogens with one attached hydrogen (secondary N) is 1. The monoisotopic (exact) mass is 420 g/mol. The van der Waals surface area contributed by atoms with Gasteiger partial charge in [-0.2, -0.15) is 0 Å². The lowest BCUT2D eigenvalue weighted by molar-refractivity contribution is -0.141. The van der Waals surface area contributed by atoms with E-state index in [1.807, 2.05) is 25.1 Å². The minimum absolute atomic E-state index is 0.00433. The molecule has 3 heterocycles. The van der Waals surface area contributed by atoms with Gasteiger partial charge >= 0.3 is 0 Å². The van der Waals surface area contributed by atoms with Crippen LogP contribution in [-0.4, -0.2) is 38.8 Å². The predicted octanol–water partition coefficient (Wildman–Crippen LogP) is 4.54. The van der Waals surface area contributed by atoms with Crippen molar-refractivity contribution in [3.63, 3.8) is 0 Å². The molecule has 2 aliphatic rings. The van der Waals surface area contributed by atoms with E-state index < -0.39 is 0 Å². The van der Waals surface area contributed by atoms with E-state index >= 15 is 0 Å². The van der Waals surface area contributed by atoms with Gasteiger partial charge in [0, 0.05) is 35.9 Å². The summed E-state index contributed by atoms with van der Waals surface area (Å²) in [7, 11) is 0. The Morgan fingerprint density at radius 3 is 2.40 bits per heavy atom. The maximum atomic E-state index is 12.1. The van der Waals surface area contributed by atoms with Crippen LogP contribution in [0.3, 0.4) is 0 Å². The van der Waals surface area contributed by atoms with Crippen molar-refractivity contribution in [1.29, 1.82) is 0 Å². The number of thiophene rings is 1. The molecule has 1 aliphatic carbocycles. The van der Waals surface area contributed by atoms with Crippen LogP contribution in [0.1, 0.15) is 44.3 Å². The van der Waals surface area contributed by atoms with Crippen molar-refractivity contribution in [1.82, 2.24) is 14.9 Å². The van der Waals surface area contributed by atoms with E-state index in [-0.39, 0.29) is 23.9 Å². The molecule has 1 aromatic carbocycles. The van der Waals surface area contributed by atoms with Gasteiger partial charge in [-0.25, -0.2) is 9.97 Å². The Balaban J connectivity index is 1.38. The third-order valence-electron chi connectivity index (χ3n) is 6.12. The highest BCUT2D eigenvalue weighted by Gasteiger charge is 2.37. The summed E-state index contributed by atoms with van der Waals surface area (Å²) in [5.41, 5.74) is 2.31. The quantitative estimate of drug-likeness (QED) is 0.627. The number of benzene rings is 1. The van der Waals surface area contributed by atoms with Crippen molar-refractivity contribution in [2.75, 3.05) is 5.32 Å². The molecule has 6 nitrogen and oxygen atoms in total. The average molecular weight is 421 g/mol. The van der Waals surface area contributed by atoms with Crippen molar-refractivity contribution < 1.29 is 9.59 Å². The summed E-state index contributed by atoms with van der Waals surface area (Å²) < 4.78 is 0. The number of fused-ring (bicyclic) bond motifs is 1. The molecule has 3 aromatic rings. The number of imide groups is 1. The molecule has 0 radical (unpaired) electrons. The third-order valence-corrected chi connectivity index (χ3v) is 7.00. The molecule has 0 bridgehead atoms. The van der Waals surface area contributed by atoms with E-state index in [4.69, 9.17) is 4.98 Å². The van der Waals surface area contributed by atoms with Crippen molar-refractivity contribution in [3.8, 4) is 11.1 Å². The van der Waals surface area contributed by atoms with Crippen molar-refractivity contribution in [2.24, 2.45) is 0 Å². The predicted molar refractivity (Wildman–Crippen MR) is 118 cm³/mol. The van der Waals surface area contributed by atoms with Crippen LogP contribution in [0.15, 0.2) is 35.7 Å². The topological polar surface area (TPSA) is 75.2 Å². The lowest BCUT2D eigenvalue weighted by Gasteiger charge is -2.34. The highest BCUT2D eigenvalue weighted by molar-refractivity contribution is 7.17. The van der Waals surface area contributed by atoms with Crippen LogP contribution < -0.4 is 5.32 Å². The Morgan fingerprint density at radius 1 is 1.00 bits per heavy atom. The summed E-state index contributed by atoms with van der Waals surface area (Å²) in [6.07, 6.45) is 4.26. The van der Waals surface area contributed by atoms with Gasteiger partial charge in [0.25, 0.3) is 0 Å². The molecule has 1 saturated carbocycles. The minimum Gasteiger partial charge on any atom is -0.367 e. The van der Waals surface area contributed by atoms with Crippen LogP contribution >= 0.6 is 11.3 Å². The van der Waals surface area contributed by atoms with E-state index in [2.05, 4.69) is 27.8 Å². The molecule has 1 aliphatic heterocycles. The Kier molecular flexibility index (Phi) is 4.98. The minimum atomic E-state index is -0.00433. The van der Waals surface area contributed by atoms with Gasteiger partial charge in [-0.15, -0.1) is 11.3 Å². The molecule has 0 atom stereocenters. The number of hydrogen-bond acceptors (Lipinski definition) is 6. The SMILES string of the molecule is Cc1nc(NC2CCC(N3C(=O)CCC3=O)CC2)c2c(-c3ccccc3)csc2n1. The van der Waals surface area contributed by atoms with E-state index in [9.17, 15) is 9.59 Å². The first-order chi connectivity index (χ1) is 14.6. The largest absolute Gasteiger partial charge is 0.367 e. The van der Waals surface area contributed by atoms with Crippen LogP contribution in [0, 0.1) is 6.92 Å². The number of carbonyl (C=O) groups excluding carboxylic acids is 2. The molecule has 7 heteroatoms. The summed E-state index contributed by atoms with van der Waals surface area (Å²) in [5, 5.41) is 6.89.